The SMILES string of the molecule is C1=CN2C=NNCC2NN1. The van der Waals surface area contributed by atoms with Gasteiger partial charge in [0.2, 0.25) is 0 Å². The molecule has 5 heteroatoms. The van der Waals surface area contributed by atoms with Crippen LogP contribution in [0.4, 0.5) is 0 Å². The van der Waals surface area contributed by atoms with Crippen LogP contribution in [-0.4, -0.2) is 23.9 Å². The highest BCUT2D eigenvalue weighted by Crippen LogP contribution is 1.99. The van der Waals surface area contributed by atoms with Gasteiger partial charge in [0.15, 0.2) is 0 Å². The van der Waals surface area contributed by atoms with E-state index in [2.05, 4.69) is 21.4 Å². The highest BCUT2D eigenvalue weighted by atomic mass is 15.5. The van der Waals surface area contributed by atoms with Crippen LogP contribution in [0.25, 0.3) is 0 Å². The maximum Gasteiger partial charge on any atom is 0.121 e. The van der Waals surface area contributed by atoms with Gasteiger partial charge in [0, 0.05) is 12.4 Å². The van der Waals surface area contributed by atoms with E-state index in [0.717, 1.165) is 6.54 Å². The van der Waals surface area contributed by atoms with Gasteiger partial charge in [-0.3, -0.25) is 0 Å². The minimum Gasteiger partial charge on any atom is -0.325 e. The van der Waals surface area contributed by atoms with Crippen LogP contribution >= 0.6 is 0 Å². The fourth-order valence-electron chi connectivity index (χ4n) is 0.968. The van der Waals surface area contributed by atoms with Crippen molar-refractivity contribution in [2.75, 3.05) is 6.54 Å². The quantitative estimate of drug-likeness (QED) is 0.392. The Kier molecular flexibility index (Phi) is 1.21. The standard InChI is InChI=1S/C5H9N5/c1-2-10-4-8-7-3-5(10)9-6-1/h1-2,4-7,9H,3H2. The lowest BCUT2D eigenvalue weighted by Crippen LogP contribution is -2.56. The maximum atomic E-state index is 3.89. The van der Waals surface area contributed by atoms with Gasteiger partial charge in [-0.05, 0) is 0 Å². The molecule has 0 aliphatic carbocycles. The van der Waals surface area contributed by atoms with Gasteiger partial charge < -0.3 is 15.8 Å². The van der Waals surface area contributed by atoms with Gasteiger partial charge in [0.05, 0.1) is 6.54 Å². The Bertz CT molecular complexity index is 157. The summed E-state index contributed by atoms with van der Waals surface area (Å²) in [7, 11) is 0. The van der Waals surface area contributed by atoms with Gasteiger partial charge in [-0.15, -0.1) is 0 Å². The highest BCUT2D eigenvalue weighted by Gasteiger charge is 2.17. The summed E-state index contributed by atoms with van der Waals surface area (Å²) in [5, 5.41) is 3.89. The van der Waals surface area contributed by atoms with Crippen LogP contribution in [0.3, 0.4) is 0 Å². The summed E-state index contributed by atoms with van der Waals surface area (Å²) in [6.45, 7) is 0.813. The molecule has 5 nitrogen and oxygen atoms in total. The second kappa shape index (κ2) is 2.18. The van der Waals surface area contributed by atoms with Crippen molar-refractivity contribution < 1.29 is 0 Å². The third-order valence-electron chi connectivity index (χ3n) is 1.51. The van der Waals surface area contributed by atoms with E-state index in [1.807, 2.05) is 17.3 Å². The molecular formula is C5H9N5. The molecule has 0 saturated heterocycles. The lowest BCUT2D eigenvalue weighted by atomic mass is 10.4. The fourth-order valence-corrected chi connectivity index (χ4v) is 0.968. The summed E-state index contributed by atoms with van der Waals surface area (Å²) in [6.07, 6.45) is 5.79. The van der Waals surface area contributed by atoms with Crippen LogP contribution in [0.5, 0.6) is 0 Å². The first-order valence-corrected chi connectivity index (χ1v) is 3.18. The number of nitrogens with one attached hydrogen (secondary N) is 3. The molecule has 0 amide bonds. The van der Waals surface area contributed by atoms with Crippen LogP contribution in [0.2, 0.25) is 0 Å². The number of fused-ring (bicyclic) bond motifs is 1. The third-order valence-corrected chi connectivity index (χ3v) is 1.51. The second-order valence-electron chi connectivity index (χ2n) is 2.17. The minimum absolute atomic E-state index is 0.280. The highest BCUT2D eigenvalue weighted by molar-refractivity contribution is 5.57. The zero-order chi connectivity index (χ0) is 6.81. The molecule has 2 aliphatic rings. The predicted molar refractivity (Wildman–Crippen MR) is 37.5 cm³/mol. The molecule has 3 N–H and O–H groups in total. The number of hydrazone groups is 1. The fraction of sp³-hybridized carbons (Fsp3) is 0.400. The number of hydrogen-bond acceptors (Lipinski definition) is 5. The summed E-state index contributed by atoms with van der Waals surface area (Å²) in [5.74, 6) is 0. The molecule has 0 bridgehead atoms. The van der Waals surface area contributed by atoms with Crippen molar-refractivity contribution in [2.24, 2.45) is 5.10 Å². The first-order valence-electron chi connectivity index (χ1n) is 3.18. The normalized spacial score (nSPS) is 28.8. The number of hydrazine groups is 1. The monoisotopic (exact) mass is 139 g/mol. The van der Waals surface area contributed by atoms with Gasteiger partial charge in [0.25, 0.3) is 0 Å². The van der Waals surface area contributed by atoms with Crippen LogP contribution in [-0.2, 0) is 0 Å². The van der Waals surface area contributed by atoms with E-state index in [1.54, 1.807) is 6.34 Å². The topological polar surface area (TPSA) is 51.7 Å². The molecule has 0 aromatic carbocycles. The largest absolute Gasteiger partial charge is 0.325 e. The zero-order valence-electron chi connectivity index (χ0n) is 5.41. The first-order chi connectivity index (χ1) is 4.97. The third kappa shape index (κ3) is 0.801. The summed E-state index contributed by atoms with van der Waals surface area (Å²) in [6, 6.07) is 0. The van der Waals surface area contributed by atoms with Gasteiger partial charge in [-0.1, -0.05) is 0 Å². The Morgan fingerprint density at radius 2 is 2.60 bits per heavy atom. The van der Waals surface area contributed by atoms with Crippen molar-refractivity contribution in [1.82, 2.24) is 21.2 Å². The van der Waals surface area contributed by atoms with Crippen molar-refractivity contribution in [3.63, 3.8) is 0 Å². The van der Waals surface area contributed by atoms with E-state index in [0.29, 0.717) is 0 Å². The van der Waals surface area contributed by atoms with E-state index in [1.165, 1.54) is 0 Å². The van der Waals surface area contributed by atoms with Crippen molar-refractivity contribution in [2.45, 2.75) is 6.17 Å². The molecule has 1 unspecified atom stereocenters. The lowest BCUT2D eigenvalue weighted by Gasteiger charge is -2.33. The van der Waals surface area contributed by atoms with E-state index >= 15 is 0 Å². The average Bonchev–Trinajstić information content (AvgIpc) is 2.05. The average molecular weight is 139 g/mol. The second-order valence-corrected chi connectivity index (χ2v) is 2.17. The van der Waals surface area contributed by atoms with Crippen molar-refractivity contribution >= 4 is 6.34 Å². The maximum absolute atomic E-state index is 3.89. The minimum atomic E-state index is 0.280. The van der Waals surface area contributed by atoms with E-state index in [9.17, 15) is 0 Å². The summed E-state index contributed by atoms with van der Waals surface area (Å²) in [4.78, 5) is 1.99. The summed E-state index contributed by atoms with van der Waals surface area (Å²) >= 11 is 0. The molecule has 54 valence electrons. The van der Waals surface area contributed by atoms with E-state index in [-0.39, 0.29) is 6.17 Å². The predicted octanol–water partition coefficient (Wildman–Crippen LogP) is -1.26. The van der Waals surface area contributed by atoms with Crippen LogP contribution in [0.1, 0.15) is 0 Å². The van der Waals surface area contributed by atoms with E-state index in [4.69, 9.17) is 0 Å². The molecule has 2 heterocycles. The molecule has 1 atom stereocenters. The molecule has 2 rings (SSSR count). The van der Waals surface area contributed by atoms with Crippen LogP contribution in [0.15, 0.2) is 17.5 Å². The van der Waals surface area contributed by atoms with Crippen LogP contribution < -0.4 is 16.3 Å². The first kappa shape index (κ1) is 5.55. The Morgan fingerprint density at radius 1 is 1.60 bits per heavy atom. The Labute approximate surface area is 58.7 Å². The molecule has 10 heavy (non-hydrogen) atoms. The molecule has 0 saturated carbocycles. The molecule has 2 aliphatic heterocycles. The van der Waals surface area contributed by atoms with Gasteiger partial charge in [0.1, 0.15) is 12.5 Å². The molecular weight excluding hydrogens is 130 g/mol. The smallest absolute Gasteiger partial charge is 0.121 e. The van der Waals surface area contributed by atoms with Crippen molar-refractivity contribution in [3.05, 3.63) is 12.4 Å². The number of rotatable bonds is 0. The lowest BCUT2D eigenvalue weighted by molar-refractivity contribution is 0.269. The van der Waals surface area contributed by atoms with Crippen LogP contribution in [0, 0.1) is 0 Å². The Balaban J connectivity index is 2.15. The molecule has 0 fully saturated rings. The van der Waals surface area contributed by atoms with E-state index < -0.39 is 0 Å². The zero-order valence-corrected chi connectivity index (χ0v) is 5.41. The Morgan fingerprint density at radius 3 is 3.50 bits per heavy atom. The molecule has 0 spiro atoms. The Hall–Kier alpha value is -1.23. The number of hydrogen-bond donors (Lipinski definition) is 3. The van der Waals surface area contributed by atoms with Crippen molar-refractivity contribution in [1.29, 1.82) is 0 Å². The van der Waals surface area contributed by atoms with Gasteiger partial charge >= 0.3 is 0 Å². The van der Waals surface area contributed by atoms with Gasteiger partial charge in [-0.2, -0.15) is 5.10 Å². The summed E-state index contributed by atoms with van der Waals surface area (Å²) < 4.78 is 0. The molecule has 0 aromatic rings. The van der Waals surface area contributed by atoms with Gasteiger partial charge in [-0.25, -0.2) is 5.43 Å². The number of nitrogens with zero attached hydrogens (tertiary/aromatic N) is 2. The van der Waals surface area contributed by atoms with Crippen molar-refractivity contribution in [3.8, 4) is 0 Å². The summed E-state index contributed by atoms with van der Waals surface area (Å²) in [5.41, 5.74) is 8.84. The molecule has 0 aromatic heterocycles. The molecule has 0 radical (unpaired) electrons.